The molecular formula is C22H31N5O. The lowest BCUT2D eigenvalue weighted by molar-refractivity contribution is 0.0763. The van der Waals surface area contributed by atoms with Gasteiger partial charge in [0, 0.05) is 24.2 Å². The van der Waals surface area contributed by atoms with E-state index in [1.54, 1.807) is 0 Å². The molecule has 2 aliphatic heterocycles. The lowest BCUT2D eigenvalue weighted by Gasteiger charge is -2.41. The molecule has 28 heavy (non-hydrogen) atoms. The van der Waals surface area contributed by atoms with E-state index in [-0.39, 0.29) is 11.9 Å². The zero-order valence-electron chi connectivity index (χ0n) is 16.9. The van der Waals surface area contributed by atoms with Crippen molar-refractivity contribution in [2.24, 2.45) is 0 Å². The highest BCUT2D eigenvalue weighted by Crippen LogP contribution is 2.21. The van der Waals surface area contributed by atoms with Gasteiger partial charge in [0.05, 0.1) is 5.69 Å². The highest BCUT2D eigenvalue weighted by atomic mass is 16.2. The molecule has 6 heteroatoms. The minimum atomic E-state index is -0.0545. The van der Waals surface area contributed by atoms with Gasteiger partial charge in [-0.05, 0) is 65.4 Å². The van der Waals surface area contributed by atoms with Gasteiger partial charge in [-0.25, -0.2) is 0 Å². The molecule has 1 aromatic heterocycles. The number of aromatic nitrogens is 2. The predicted molar refractivity (Wildman–Crippen MR) is 111 cm³/mol. The predicted octanol–water partition coefficient (Wildman–Crippen LogP) is 2.67. The molecule has 2 aliphatic rings. The molecule has 4 rings (SSSR count). The fraction of sp³-hybridized carbons (Fsp3) is 0.545. The standard InChI is InChI=1S/C22H31N5O/c1-16-5-7-17(8-6-16)20-14-21(25-24-20)22(28)23-18-4-3-11-27(15-18)19-9-12-26(2)13-10-19/h5-8,14,18-19H,3-4,9-13,15H2,1-2H3,(H,23,28)(H,24,25). The van der Waals surface area contributed by atoms with Gasteiger partial charge < -0.3 is 10.2 Å². The molecule has 150 valence electrons. The van der Waals surface area contributed by atoms with Crippen LogP contribution in [-0.2, 0) is 0 Å². The van der Waals surface area contributed by atoms with Gasteiger partial charge in [0.2, 0.25) is 0 Å². The average molecular weight is 382 g/mol. The fourth-order valence-electron chi connectivity index (χ4n) is 4.39. The number of rotatable bonds is 4. The number of likely N-dealkylation sites (tertiary alicyclic amines) is 2. The van der Waals surface area contributed by atoms with Crippen LogP contribution < -0.4 is 5.32 Å². The lowest BCUT2D eigenvalue weighted by Crippen LogP contribution is -2.53. The first-order valence-corrected chi connectivity index (χ1v) is 10.4. The number of carbonyl (C=O) groups excluding carboxylic acids is 1. The van der Waals surface area contributed by atoms with E-state index in [9.17, 15) is 4.79 Å². The highest BCUT2D eigenvalue weighted by molar-refractivity contribution is 5.93. The minimum absolute atomic E-state index is 0.0545. The molecule has 0 spiro atoms. The van der Waals surface area contributed by atoms with Crippen molar-refractivity contribution in [3.05, 3.63) is 41.6 Å². The van der Waals surface area contributed by atoms with Crippen LogP contribution in [0.1, 0.15) is 41.7 Å². The Kier molecular flexibility index (Phi) is 5.78. The first-order chi connectivity index (χ1) is 13.6. The van der Waals surface area contributed by atoms with Gasteiger partial charge in [0.25, 0.3) is 5.91 Å². The summed E-state index contributed by atoms with van der Waals surface area (Å²) in [6.07, 6.45) is 4.66. The molecule has 2 N–H and O–H groups in total. The normalized spacial score (nSPS) is 22.3. The van der Waals surface area contributed by atoms with Crippen molar-refractivity contribution in [2.75, 3.05) is 33.2 Å². The maximum atomic E-state index is 12.7. The number of nitrogens with zero attached hydrogens (tertiary/aromatic N) is 3. The van der Waals surface area contributed by atoms with Gasteiger partial charge in [-0.15, -0.1) is 0 Å². The summed E-state index contributed by atoms with van der Waals surface area (Å²) < 4.78 is 0. The Morgan fingerprint density at radius 1 is 1.14 bits per heavy atom. The lowest BCUT2D eigenvalue weighted by atomic mass is 9.98. The van der Waals surface area contributed by atoms with E-state index in [1.165, 1.54) is 31.5 Å². The number of carbonyl (C=O) groups is 1. The molecule has 1 atom stereocenters. The molecular weight excluding hydrogens is 350 g/mol. The number of hydrogen-bond donors (Lipinski definition) is 2. The SMILES string of the molecule is Cc1ccc(-c2cc(C(=O)NC3CCCN(C4CCN(C)CC4)C3)[nH]n2)cc1. The highest BCUT2D eigenvalue weighted by Gasteiger charge is 2.29. The maximum Gasteiger partial charge on any atom is 0.269 e. The van der Waals surface area contributed by atoms with Crippen molar-refractivity contribution in [3.63, 3.8) is 0 Å². The second-order valence-electron chi connectivity index (χ2n) is 8.37. The molecule has 2 fully saturated rings. The van der Waals surface area contributed by atoms with E-state index < -0.39 is 0 Å². The maximum absolute atomic E-state index is 12.7. The molecule has 0 saturated carbocycles. The number of aryl methyl sites for hydroxylation is 1. The largest absolute Gasteiger partial charge is 0.347 e. The fourth-order valence-corrected chi connectivity index (χ4v) is 4.39. The van der Waals surface area contributed by atoms with Gasteiger partial charge in [-0.3, -0.25) is 14.8 Å². The molecule has 0 aliphatic carbocycles. The molecule has 1 aromatic carbocycles. The summed E-state index contributed by atoms with van der Waals surface area (Å²) in [5.41, 5.74) is 3.57. The van der Waals surface area contributed by atoms with Crippen LogP contribution >= 0.6 is 0 Å². The molecule has 0 radical (unpaired) electrons. The number of hydrogen-bond acceptors (Lipinski definition) is 4. The zero-order chi connectivity index (χ0) is 19.5. The summed E-state index contributed by atoms with van der Waals surface area (Å²) in [6, 6.07) is 10.9. The summed E-state index contributed by atoms with van der Waals surface area (Å²) in [4.78, 5) is 17.7. The van der Waals surface area contributed by atoms with E-state index >= 15 is 0 Å². The van der Waals surface area contributed by atoms with Crippen LogP contribution in [0, 0.1) is 6.92 Å². The third-order valence-corrected chi connectivity index (χ3v) is 6.16. The Hall–Kier alpha value is -2.18. The Balaban J connectivity index is 1.35. The molecule has 6 nitrogen and oxygen atoms in total. The third-order valence-electron chi connectivity index (χ3n) is 6.16. The van der Waals surface area contributed by atoms with Crippen molar-refractivity contribution < 1.29 is 4.79 Å². The van der Waals surface area contributed by atoms with Crippen LogP contribution in [0.3, 0.4) is 0 Å². The van der Waals surface area contributed by atoms with Crippen LogP contribution in [0.25, 0.3) is 11.3 Å². The zero-order valence-corrected chi connectivity index (χ0v) is 16.9. The van der Waals surface area contributed by atoms with E-state index in [4.69, 9.17) is 0 Å². The molecule has 0 bridgehead atoms. The smallest absolute Gasteiger partial charge is 0.269 e. The molecule has 3 heterocycles. The number of nitrogens with one attached hydrogen (secondary N) is 2. The number of benzene rings is 1. The molecule has 1 amide bonds. The summed E-state index contributed by atoms with van der Waals surface area (Å²) in [7, 11) is 2.20. The third kappa shape index (κ3) is 4.45. The quantitative estimate of drug-likeness (QED) is 0.855. The molecule has 2 aromatic rings. The van der Waals surface area contributed by atoms with E-state index in [2.05, 4.69) is 51.4 Å². The van der Waals surface area contributed by atoms with Crippen LogP contribution in [0.4, 0.5) is 0 Å². The average Bonchev–Trinajstić information content (AvgIpc) is 3.20. The second kappa shape index (κ2) is 8.45. The number of amides is 1. The number of H-pyrrole nitrogens is 1. The van der Waals surface area contributed by atoms with Crippen LogP contribution in [0.15, 0.2) is 30.3 Å². The Morgan fingerprint density at radius 2 is 1.89 bits per heavy atom. The van der Waals surface area contributed by atoms with Crippen molar-refractivity contribution in [2.45, 2.75) is 44.7 Å². The van der Waals surface area contributed by atoms with Crippen LogP contribution in [0.5, 0.6) is 0 Å². The first kappa shape index (κ1) is 19.2. The second-order valence-corrected chi connectivity index (χ2v) is 8.37. The van der Waals surface area contributed by atoms with Crippen molar-refractivity contribution in [1.82, 2.24) is 25.3 Å². The summed E-state index contributed by atoms with van der Waals surface area (Å²) in [5.74, 6) is -0.0545. The molecule has 1 unspecified atom stereocenters. The van der Waals surface area contributed by atoms with Gasteiger partial charge in [0.1, 0.15) is 5.69 Å². The Bertz CT molecular complexity index is 792. The van der Waals surface area contributed by atoms with Crippen LogP contribution in [0.2, 0.25) is 0 Å². The van der Waals surface area contributed by atoms with Crippen LogP contribution in [-0.4, -0.2) is 71.2 Å². The van der Waals surface area contributed by atoms with Gasteiger partial charge in [-0.1, -0.05) is 29.8 Å². The minimum Gasteiger partial charge on any atom is -0.347 e. The summed E-state index contributed by atoms with van der Waals surface area (Å²) in [5, 5.41) is 10.5. The number of piperidine rings is 2. The first-order valence-electron chi connectivity index (χ1n) is 10.4. The Labute approximate surface area is 167 Å². The van der Waals surface area contributed by atoms with Gasteiger partial charge >= 0.3 is 0 Å². The van der Waals surface area contributed by atoms with Crippen molar-refractivity contribution in [3.8, 4) is 11.3 Å². The monoisotopic (exact) mass is 381 g/mol. The number of aromatic amines is 1. The van der Waals surface area contributed by atoms with Crippen molar-refractivity contribution >= 4 is 5.91 Å². The molecule has 2 saturated heterocycles. The van der Waals surface area contributed by atoms with E-state index in [1.807, 2.05) is 18.2 Å². The summed E-state index contributed by atoms with van der Waals surface area (Å²) >= 11 is 0. The van der Waals surface area contributed by atoms with E-state index in [0.717, 1.165) is 37.2 Å². The topological polar surface area (TPSA) is 64.3 Å². The van der Waals surface area contributed by atoms with Gasteiger partial charge in [0.15, 0.2) is 0 Å². The van der Waals surface area contributed by atoms with Gasteiger partial charge in [-0.2, -0.15) is 5.10 Å². The van der Waals surface area contributed by atoms with Crippen molar-refractivity contribution in [1.29, 1.82) is 0 Å². The Morgan fingerprint density at radius 3 is 2.64 bits per heavy atom. The van der Waals surface area contributed by atoms with E-state index in [0.29, 0.717) is 11.7 Å². The summed E-state index contributed by atoms with van der Waals surface area (Å²) in [6.45, 7) is 6.52.